The summed E-state index contributed by atoms with van der Waals surface area (Å²) in [7, 11) is 3.46. The Balaban J connectivity index is 2.60. The van der Waals surface area contributed by atoms with Gasteiger partial charge in [-0.2, -0.15) is 0 Å². The molecule has 6 heteroatoms. The molecule has 0 unspecified atom stereocenters. The Morgan fingerprint density at radius 2 is 2.10 bits per heavy atom. The predicted molar refractivity (Wildman–Crippen MR) is 84.9 cm³/mol. The number of hydrogen-bond acceptors (Lipinski definition) is 3. The molecule has 0 aliphatic rings. The Hall–Kier alpha value is -2.11. The summed E-state index contributed by atoms with van der Waals surface area (Å²) in [6.07, 6.45) is 1.75. The zero-order valence-corrected chi connectivity index (χ0v) is 13.3. The first kappa shape index (κ1) is 16.9. The zero-order valence-electron chi connectivity index (χ0n) is 13.3. The number of carbonyl (C=O) groups excluding carboxylic acids is 1. The Morgan fingerprint density at radius 1 is 1.33 bits per heavy atom. The maximum atomic E-state index is 11.6. The van der Waals surface area contributed by atoms with Crippen LogP contribution in [0.1, 0.15) is 19.5 Å². The van der Waals surface area contributed by atoms with Crippen molar-refractivity contribution in [2.24, 2.45) is 10.9 Å². The molecule has 1 aromatic rings. The monoisotopic (exact) mass is 291 g/mol. The van der Waals surface area contributed by atoms with Gasteiger partial charge in [-0.05, 0) is 18.1 Å². The second kappa shape index (κ2) is 8.94. The molecule has 0 aliphatic heterocycles. The van der Waals surface area contributed by atoms with E-state index in [4.69, 9.17) is 0 Å². The Bertz CT molecular complexity index is 456. The molecule has 0 fully saturated rings. The number of likely N-dealkylation sites (N-methyl/N-ethyl adjacent to an activating group) is 1. The highest BCUT2D eigenvalue weighted by Crippen LogP contribution is 1.95. The van der Waals surface area contributed by atoms with Crippen molar-refractivity contribution in [1.29, 1.82) is 0 Å². The fourth-order valence-corrected chi connectivity index (χ4v) is 1.44. The Labute approximate surface area is 126 Å². The second-order valence-corrected chi connectivity index (χ2v) is 5.40. The van der Waals surface area contributed by atoms with E-state index >= 15 is 0 Å². The number of aromatic nitrogens is 1. The van der Waals surface area contributed by atoms with Gasteiger partial charge in [0.25, 0.3) is 0 Å². The van der Waals surface area contributed by atoms with Crippen molar-refractivity contribution < 1.29 is 4.79 Å². The maximum absolute atomic E-state index is 11.6. The van der Waals surface area contributed by atoms with Gasteiger partial charge in [-0.1, -0.05) is 19.9 Å². The van der Waals surface area contributed by atoms with Crippen molar-refractivity contribution in [2.45, 2.75) is 20.4 Å². The summed E-state index contributed by atoms with van der Waals surface area (Å²) < 4.78 is 0. The molecule has 21 heavy (non-hydrogen) atoms. The molecule has 0 aliphatic carbocycles. The van der Waals surface area contributed by atoms with Crippen LogP contribution in [0.4, 0.5) is 0 Å². The molecule has 0 atom stereocenters. The number of nitrogens with zero attached hydrogens (tertiary/aromatic N) is 3. The molecule has 2 N–H and O–H groups in total. The van der Waals surface area contributed by atoms with E-state index in [0.717, 1.165) is 12.2 Å². The van der Waals surface area contributed by atoms with E-state index in [-0.39, 0.29) is 12.5 Å². The third-order valence-electron chi connectivity index (χ3n) is 2.71. The Morgan fingerprint density at radius 3 is 2.67 bits per heavy atom. The minimum Gasteiger partial charge on any atom is -0.356 e. The van der Waals surface area contributed by atoms with Crippen LogP contribution >= 0.6 is 0 Å². The number of aliphatic imine (C=N–C) groups is 1. The van der Waals surface area contributed by atoms with Gasteiger partial charge in [-0.3, -0.25) is 9.78 Å². The summed E-state index contributed by atoms with van der Waals surface area (Å²) in [6, 6.07) is 5.73. The predicted octanol–water partition coefficient (Wildman–Crippen LogP) is 0.861. The zero-order chi connectivity index (χ0) is 15.7. The van der Waals surface area contributed by atoms with Gasteiger partial charge in [0, 0.05) is 26.8 Å². The molecule has 0 aromatic carbocycles. The van der Waals surface area contributed by atoms with Gasteiger partial charge in [-0.25, -0.2) is 4.99 Å². The molecular weight excluding hydrogens is 266 g/mol. The van der Waals surface area contributed by atoms with E-state index in [9.17, 15) is 4.79 Å². The number of rotatable bonds is 6. The molecule has 6 nitrogen and oxygen atoms in total. The van der Waals surface area contributed by atoms with E-state index in [1.807, 2.05) is 18.2 Å². The SMILES string of the molecule is CC(C)CNC(=NCc1ccccn1)NCC(=O)N(C)C. The summed E-state index contributed by atoms with van der Waals surface area (Å²) in [6.45, 7) is 5.73. The van der Waals surface area contributed by atoms with Gasteiger partial charge in [0.05, 0.1) is 18.8 Å². The summed E-state index contributed by atoms with van der Waals surface area (Å²) in [5.41, 5.74) is 0.891. The first-order valence-corrected chi connectivity index (χ1v) is 7.11. The van der Waals surface area contributed by atoms with Crippen LogP contribution in [-0.4, -0.2) is 48.9 Å². The molecule has 0 radical (unpaired) electrons. The van der Waals surface area contributed by atoms with Crippen molar-refractivity contribution in [2.75, 3.05) is 27.2 Å². The topological polar surface area (TPSA) is 69.6 Å². The van der Waals surface area contributed by atoms with Crippen molar-refractivity contribution in [3.8, 4) is 0 Å². The quantitative estimate of drug-likeness (QED) is 0.602. The number of hydrogen-bond donors (Lipinski definition) is 2. The summed E-state index contributed by atoms with van der Waals surface area (Å²) >= 11 is 0. The van der Waals surface area contributed by atoms with Crippen LogP contribution in [-0.2, 0) is 11.3 Å². The maximum Gasteiger partial charge on any atom is 0.241 e. The molecule has 1 heterocycles. The lowest BCUT2D eigenvalue weighted by Gasteiger charge is -2.15. The van der Waals surface area contributed by atoms with Crippen molar-refractivity contribution in [3.05, 3.63) is 30.1 Å². The fourth-order valence-electron chi connectivity index (χ4n) is 1.44. The normalized spacial score (nSPS) is 11.4. The van der Waals surface area contributed by atoms with Gasteiger partial charge in [-0.15, -0.1) is 0 Å². The summed E-state index contributed by atoms with van der Waals surface area (Å²) in [4.78, 5) is 21.9. The lowest BCUT2D eigenvalue weighted by Crippen LogP contribution is -2.44. The molecule has 0 saturated carbocycles. The lowest BCUT2D eigenvalue weighted by atomic mass is 10.2. The first-order valence-electron chi connectivity index (χ1n) is 7.11. The van der Waals surface area contributed by atoms with E-state index in [2.05, 4.69) is 34.5 Å². The molecule has 1 aromatic heterocycles. The first-order chi connectivity index (χ1) is 9.99. The molecule has 116 valence electrons. The van der Waals surface area contributed by atoms with Gasteiger partial charge in [0.2, 0.25) is 5.91 Å². The number of amides is 1. The summed E-state index contributed by atoms with van der Waals surface area (Å²) in [5.74, 6) is 1.13. The van der Waals surface area contributed by atoms with Crippen LogP contribution in [0.15, 0.2) is 29.4 Å². The van der Waals surface area contributed by atoms with Gasteiger partial charge in [0.1, 0.15) is 0 Å². The minimum absolute atomic E-state index is 0.00637. The van der Waals surface area contributed by atoms with E-state index < -0.39 is 0 Å². The highest BCUT2D eigenvalue weighted by atomic mass is 16.2. The number of carbonyl (C=O) groups is 1. The lowest BCUT2D eigenvalue weighted by molar-refractivity contribution is -0.127. The molecule has 0 spiro atoms. The van der Waals surface area contributed by atoms with E-state index in [0.29, 0.717) is 18.4 Å². The smallest absolute Gasteiger partial charge is 0.241 e. The summed E-state index contributed by atoms with van der Waals surface area (Å²) in [5, 5.41) is 6.27. The molecule has 1 amide bonds. The van der Waals surface area contributed by atoms with Gasteiger partial charge in [0.15, 0.2) is 5.96 Å². The van der Waals surface area contributed by atoms with Crippen molar-refractivity contribution >= 4 is 11.9 Å². The van der Waals surface area contributed by atoms with E-state index in [1.54, 1.807) is 25.2 Å². The van der Waals surface area contributed by atoms with Crippen LogP contribution in [0.3, 0.4) is 0 Å². The van der Waals surface area contributed by atoms with Crippen LogP contribution in [0, 0.1) is 5.92 Å². The average Bonchev–Trinajstić information content (AvgIpc) is 2.46. The highest BCUT2D eigenvalue weighted by molar-refractivity contribution is 5.86. The van der Waals surface area contributed by atoms with E-state index in [1.165, 1.54) is 0 Å². The molecular formula is C15H25N5O. The number of nitrogens with one attached hydrogen (secondary N) is 2. The van der Waals surface area contributed by atoms with Crippen molar-refractivity contribution in [3.63, 3.8) is 0 Å². The standard InChI is InChI=1S/C15H25N5O/c1-12(2)9-17-15(19-11-14(21)20(3)4)18-10-13-7-5-6-8-16-13/h5-8,12H,9-11H2,1-4H3,(H2,17,18,19). The molecule has 0 bridgehead atoms. The van der Waals surface area contributed by atoms with Crippen LogP contribution in [0.25, 0.3) is 0 Å². The third kappa shape index (κ3) is 7.29. The number of guanidine groups is 1. The molecule has 1 rings (SSSR count). The number of pyridine rings is 1. The third-order valence-corrected chi connectivity index (χ3v) is 2.71. The van der Waals surface area contributed by atoms with Crippen molar-refractivity contribution in [1.82, 2.24) is 20.5 Å². The Kier molecular flexibility index (Phi) is 7.21. The van der Waals surface area contributed by atoms with Crippen LogP contribution < -0.4 is 10.6 Å². The average molecular weight is 291 g/mol. The second-order valence-electron chi connectivity index (χ2n) is 5.40. The highest BCUT2D eigenvalue weighted by Gasteiger charge is 2.06. The molecule has 0 saturated heterocycles. The largest absolute Gasteiger partial charge is 0.356 e. The van der Waals surface area contributed by atoms with Crippen LogP contribution in [0.2, 0.25) is 0 Å². The van der Waals surface area contributed by atoms with Gasteiger partial charge >= 0.3 is 0 Å². The van der Waals surface area contributed by atoms with Crippen LogP contribution in [0.5, 0.6) is 0 Å². The minimum atomic E-state index is 0.00637. The fraction of sp³-hybridized carbons (Fsp3) is 0.533. The van der Waals surface area contributed by atoms with Gasteiger partial charge < -0.3 is 15.5 Å².